The molecule has 1 atom stereocenters. The van der Waals surface area contributed by atoms with Crippen LogP contribution in [0.3, 0.4) is 0 Å². The van der Waals surface area contributed by atoms with E-state index in [0.717, 1.165) is 5.69 Å². The summed E-state index contributed by atoms with van der Waals surface area (Å²) < 4.78 is 0. The lowest BCUT2D eigenvalue weighted by Gasteiger charge is -2.15. The van der Waals surface area contributed by atoms with Crippen molar-refractivity contribution < 1.29 is 0 Å². The summed E-state index contributed by atoms with van der Waals surface area (Å²) in [7, 11) is 1.97. The highest BCUT2D eigenvalue weighted by molar-refractivity contribution is 7.07. The van der Waals surface area contributed by atoms with E-state index in [4.69, 9.17) is 0 Å². The Labute approximate surface area is 100 Å². The average Bonchev–Trinajstić information content (AvgIpc) is 2.78. The van der Waals surface area contributed by atoms with Crippen molar-refractivity contribution in [3.05, 3.63) is 51.5 Å². The molecular weight excluding hydrogens is 216 g/mol. The highest BCUT2D eigenvalue weighted by Gasteiger charge is 2.13. The second-order valence-electron chi connectivity index (χ2n) is 3.98. The molecule has 0 aliphatic heterocycles. The van der Waals surface area contributed by atoms with Crippen LogP contribution in [0.2, 0.25) is 0 Å². The molecule has 1 aromatic heterocycles. The summed E-state index contributed by atoms with van der Waals surface area (Å²) in [4.78, 5) is 4.37. The van der Waals surface area contributed by atoms with Crippen molar-refractivity contribution in [3.63, 3.8) is 0 Å². The molecule has 0 radical (unpaired) electrons. The number of aromatic nitrogens is 1. The van der Waals surface area contributed by atoms with Crippen LogP contribution in [0.5, 0.6) is 0 Å². The minimum absolute atomic E-state index is 0.200. The molecule has 84 valence electrons. The Kier molecular flexibility index (Phi) is 3.36. The molecule has 0 fully saturated rings. The first-order valence-corrected chi connectivity index (χ1v) is 6.29. The van der Waals surface area contributed by atoms with Gasteiger partial charge < -0.3 is 5.32 Å². The lowest BCUT2D eigenvalue weighted by molar-refractivity contribution is 0.674. The van der Waals surface area contributed by atoms with Crippen molar-refractivity contribution >= 4 is 11.3 Å². The predicted molar refractivity (Wildman–Crippen MR) is 68.9 cm³/mol. The number of aryl methyl sites for hydroxylation is 2. The summed E-state index contributed by atoms with van der Waals surface area (Å²) in [6, 6.07) is 6.77. The van der Waals surface area contributed by atoms with Crippen LogP contribution in [0.25, 0.3) is 0 Å². The topological polar surface area (TPSA) is 24.9 Å². The fourth-order valence-electron chi connectivity index (χ4n) is 1.79. The Bertz CT molecular complexity index is 463. The maximum Gasteiger partial charge on any atom is 0.0795 e. The maximum absolute atomic E-state index is 4.37. The van der Waals surface area contributed by atoms with Crippen LogP contribution in [-0.2, 0) is 0 Å². The standard InChI is InChI=1S/C13H16N2S/c1-9-4-5-11(6-10(9)2)13(14-3)12-7-16-8-15-12/h4-8,13-14H,1-3H3. The first kappa shape index (κ1) is 11.3. The molecule has 1 N–H and O–H groups in total. The summed E-state index contributed by atoms with van der Waals surface area (Å²) in [6.07, 6.45) is 0. The highest BCUT2D eigenvalue weighted by Crippen LogP contribution is 2.23. The van der Waals surface area contributed by atoms with Gasteiger partial charge in [-0.25, -0.2) is 4.98 Å². The molecule has 16 heavy (non-hydrogen) atoms. The summed E-state index contributed by atoms with van der Waals surface area (Å²) in [5.41, 5.74) is 6.90. The van der Waals surface area contributed by atoms with E-state index in [9.17, 15) is 0 Å². The molecule has 0 amide bonds. The van der Waals surface area contributed by atoms with E-state index >= 15 is 0 Å². The van der Waals surface area contributed by atoms with Gasteiger partial charge in [-0.05, 0) is 37.6 Å². The molecule has 1 unspecified atom stereocenters. The zero-order valence-corrected chi connectivity index (χ0v) is 10.6. The second-order valence-corrected chi connectivity index (χ2v) is 4.70. The van der Waals surface area contributed by atoms with Crippen LogP contribution in [0, 0.1) is 13.8 Å². The van der Waals surface area contributed by atoms with Gasteiger partial charge in [0.25, 0.3) is 0 Å². The van der Waals surface area contributed by atoms with Crippen molar-refractivity contribution in [2.45, 2.75) is 19.9 Å². The summed E-state index contributed by atoms with van der Waals surface area (Å²) in [5, 5.41) is 5.41. The quantitative estimate of drug-likeness (QED) is 0.879. The van der Waals surface area contributed by atoms with E-state index < -0.39 is 0 Å². The third-order valence-corrected chi connectivity index (χ3v) is 3.50. The van der Waals surface area contributed by atoms with Crippen LogP contribution >= 0.6 is 11.3 Å². The molecular formula is C13H16N2S. The monoisotopic (exact) mass is 232 g/mol. The smallest absolute Gasteiger partial charge is 0.0795 e. The molecule has 0 aliphatic rings. The van der Waals surface area contributed by atoms with E-state index in [1.165, 1.54) is 16.7 Å². The second kappa shape index (κ2) is 4.76. The number of nitrogens with zero attached hydrogens (tertiary/aromatic N) is 1. The molecule has 1 heterocycles. The Morgan fingerprint density at radius 1 is 1.25 bits per heavy atom. The minimum Gasteiger partial charge on any atom is -0.308 e. The van der Waals surface area contributed by atoms with Gasteiger partial charge in [0.1, 0.15) is 0 Å². The zero-order chi connectivity index (χ0) is 11.5. The predicted octanol–water partition coefficient (Wildman–Crippen LogP) is 3.07. The fraction of sp³-hybridized carbons (Fsp3) is 0.308. The van der Waals surface area contributed by atoms with Crippen LogP contribution in [0.1, 0.15) is 28.4 Å². The largest absolute Gasteiger partial charge is 0.308 e. The van der Waals surface area contributed by atoms with Gasteiger partial charge in [0, 0.05) is 5.38 Å². The lowest BCUT2D eigenvalue weighted by atomic mass is 9.99. The molecule has 2 nitrogen and oxygen atoms in total. The third kappa shape index (κ3) is 2.15. The van der Waals surface area contributed by atoms with Gasteiger partial charge in [-0.1, -0.05) is 18.2 Å². The van der Waals surface area contributed by atoms with E-state index in [1.54, 1.807) is 11.3 Å². The van der Waals surface area contributed by atoms with Gasteiger partial charge >= 0.3 is 0 Å². The number of benzene rings is 1. The van der Waals surface area contributed by atoms with E-state index in [2.05, 4.69) is 47.7 Å². The third-order valence-electron chi connectivity index (χ3n) is 2.90. The molecule has 0 spiro atoms. The number of nitrogens with one attached hydrogen (secondary N) is 1. The number of hydrogen-bond acceptors (Lipinski definition) is 3. The highest BCUT2D eigenvalue weighted by atomic mass is 32.1. The lowest BCUT2D eigenvalue weighted by Crippen LogP contribution is -2.18. The SMILES string of the molecule is CNC(c1ccc(C)c(C)c1)c1cscn1. The van der Waals surface area contributed by atoms with Crippen LogP contribution in [0.4, 0.5) is 0 Å². The number of thiazole rings is 1. The van der Waals surface area contributed by atoms with Gasteiger partial charge in [0.2, 0.25) is 0 Å². The molecule has 1 aromatic carbocycles. The minimum atomic E-state index is 0.200. The first-order valence-electron chi connectivity index (χ1n) is 5.35. The molecule has 2 aromatic rings. The van der Waals surface area contributed by atoms with Crippen LogP contribution in [-0.4, -0.2) is 12.0 Å². The summed E-state index contributed by atoms with van der Waals surface area (Å²) in [6.45, 7) is 4.28. The fourth-order valence-corrected chi connectivity index (χ4v) is 2.37. The van der Waals surface area contributed by atoms with Gasteiger partial charge in [-0.2, -0.15) is 0 Å². The van der Waals surface area contributed by atoms with Gasteiger partial charge in [-0.3, -0.25) is 0 Å². The van der Waals surface area contributed by atoms with Crippen LogP contribution in [0.15, 0.2) is 29.1 Å². The molecule has 0 saturated carbocycles. The summed E-state index contributed by atoms with van der Waals surface area (Å²) in [5.74, 6) is 0. The number of hydrogen-bond donors (Lipinski definition) is 1. The van der Waals surface area contributed by atoms with Crippen molar-refractivity contribution in [3.8, 4) is 0 Å². The van der Waals surface area contributed by atoms with Gasteiger partial charge in [-0.15, -0.1) is 11.3 Å². The van der Waals surface area contributed by atoms with Crippen molar-refractivity contribution in [2.75, 3.05) is 7.05 Å². The van der Waals surface area contributed by atoms with Crippen molar-refractivity contribution in [1.82, 2.24) is 10.3 Å². The molecule has 0 aliphatic carbocycles. The normalized spacial score (nSPS) is 12.7. The molecule has 3 heteroatoms. The molecule has 2 rings (SSSR count). The Morgan fingerprint density at radius 3 is 2.62 bits per heavy atom. The van der Waals surface area contributed by atoms with Crippen molar-refractivity contribution in [1.29, 1.82) is 0 Å². The Balaban J connectivity index is 2.37. The van der Waals surface area contributed by atoms with Crippen LogP contribution < -0.4 is 5.32 Å². The zero-order valence-electron chi connectivity index (χ0n) is 9.82. The van der Waals surface area contributed by atoms with Crippen molar-refractivity contribution in [2.24, 2.45) is 0 Å². The summed E-state index contributed by atoms with van der Waals surface area (Å²) >= 11 is 1.63. The number of rotatable bonds is 3. The van der Waals surface area contributed by atoms with E-state index in [-0.39, 0.29) is 6.04 Å². The molecule has 0 bridgehead atoms. The maximum atomic E-state index is 4.37. The first-order chi connectivity index (χ1) is 7.72. The van der Waals surface area contributed by atoms with Gasteiger partial charge in [0.05, 0.1) is 17.2 Å². The van der Waals surface area contributed by atoms with E-state index in [0.29, 0.717) is 0 Å². The van der Waals surface area contributed by atoms with Gasteiger partial charge in [0.15, 0.2) is 0 Å². The van der Waals surface area contributed by atoms with E-state index in [1.807, 2.05) is 12.6 Å². The average molecular weight is 232 g/mol. The Hall–Kier alpha value is -1.19. The molecule has 0 saturated heterocycles. The Morgan fingerprint density at radius 2 is 2.06 bits per heavy atom.